The van der Waals surface area contributed by atoms with Crippen LogP contribution in [0.15, 0.2) is 0 Å². The Labute approximate surface area is 143 Å². The Balaban J connectivity index is 1.36. The lowest BCUT2D eigenvalue weighted by atomic mass is 9.49. The van der Waals surface area contributed by atoms with Crippen molar-refractivity contribution < 1.29 is 9.53 Å². The van der Waals surface area contributed by atoms with Crippen molar-refractivity contribution in [3.05, 3.63) is 11.6 Å². The van der Waals surface area contributed by atoms with Gasteiger partial charge in [0.25, 0.3) is 0 Å². The molecule has 4 fully saturated rings. The zero-order chi connectivity index (χ0) is 16.3. The Hall–Kier alpha value is -1.39. The van der Waals surface area contributed by atoms with Gasteiger partial charge in [-0.1, -0.05) is 0 Å². The van der Waals surface area contributed by atoms with E-state index in [0.29, 0.717) is 11.8 Å². The van der Waals surface area contributed by atoms with Gasteiger partial charge in [-0.3, -0.25) is 4.79 Å². The van der Waals surface area contributed by atoms with Crippen LogP contribution in [-0.4, -0.2) is 27.8 Å². The van der Waals surface area contributed by atoms with Crippen molar-refractivity contribution >= 4 is 5.97 Å². The number of rotatable bonds is 3. The third kappa shape index (κ3) is 2.31. The molecule has 0 saturated heterocycles. The zero-order valence-corrected chi connectivity index (χ0v) is 14.5. The smallest absolute Gasteiger partial charge is 0.309 e. The molecule has 1 atom stereocenters. The average Bonchev–Trinajstić information content (AvgIpc) is 2.94. The first-order valence-electron chi connectivity index (χ1n) is 9.63. The summed E-state index contributed by atoms with van der Waals surface area (Å²) in [5.41, 5.74) is 0.498. The third-order valence-electron chi connectivity index (χ3n) is 7.27. The van der Waals surface area contributed by atoms with Crippen molar-refractivity contribution in [1.29, 1.82) is 0 Å². The van der Waals surface area contributed by atoms with Gasteiger partial charge in [-0.2, -0.15) is 0 Å². The molecule has 24 heavy (non-hydrogen) atoms. The lowest BCUT2D eigenvalue weighted by Gasteiger charge is -2.56. The predicted octanol–water partition coefficient (Wildman–Crippen LogP) is 2.77. The number of hydrogen-bond acceptors (Lipinski definition) is 4. The minimum Gasteiger partial charge on any atom is -0.469 e. The minimum atomic E-state index is -0.105. The zero-order valence-electron chi connectivity index (χ0n) is 14.5. The van der Waals surface area contributed by atoms with Crippen molar-refractivity contribution in [2.75, 3.05) is 7.11 Å². The van der Waals surface area contributed by atoms with Gasteiger partial charge in [0, 0.05) is 19.4 Å². The number of methoxy groups -OCH3 is 1. The fraction of sp³-hybridized carbons (Fsp3) is 0.842. The SMILES string of the molecule is COC(=O)C1CCn2c(nnc2CC23CC4CC(CC(C4)C2)C3)C1. The van der Waals surface area contributed by atoms with Crippen LogP contribution >= 0.6 is 0 Å². The lowest BCUT2D eigenvalue weighted by Crippen LogP contribution is -2.47. The van der Waals surface area contributed by atoms with Gasteiger partial charge in [0.05, 0.1) is 13.0 Å². The topological polar surface area (TPSA) is 57.0 Å². The van der Waals surface area contributed by atoms with Crippen LogP contribution in [0.25, 0.3) is 0 Å². The Morgan fingerprint density at radius 1 is 1.17 bits per heavy atom. The van der Waals surface area contributed by atoms with Crippen LogP contribution in [0.2, 0.25) is 0 Å². The highest BCUT2D eigenvalue weighted by molar-refractivity contribution is 5.72. The quantitative estimate of drug-likeness (QED) is 0.800. The summed E-state index contributed by atoms with van der Waals surface area (Å²) in [5, 5.41) is 8.98. The van der Waals surface area contributed by atoms with Gasteiger partial charge in [0.15, 0.2) is 0 Å². The predicted molar refractivity (Wildman–Crippen MR) is 88.2 cm³/mol. The summed E-state index contributed by atoms with van der Waals surface area (Å²) in [6.07, 6.45) is 11.3. The number of carbonyl (C=O) groups excluding carboxylic acids is 1. The van der Waals surface area contributed by atoms with E-state index >= 15 is 0 Å². The van der Waals surface area contributed by atoms with Crippen molar-refractivity contribution in [3.63, 3.8) is 0 Å². The largest absolute Gasteiger partial charge is 0.469 e. The van der Waals surface area contributed by atoms with E-state index in [4.69, 9.17) is 4.74 Å². The molecule has 4 bridgehead atoms. The summed E-state index contributed by atoms with van der Waals surface area (Å²) in [6.45, 7) is 0.865. The van der Waals surface area contributed by atoms with Crippen molar-refractivity contribution in [2.45, 2.75) is 64.3 Å². The monoisotopic (exact) mass is 329 g/mol. The van der Waals surface area contributed by atoms with E-state index in [1.807, 2.05) is 0 Å². The van der Waals surface area contributed by atoms with Crippen molar-refractivity contribution in [2.24, 2.45) is 29.1 Å². The molecule has 5 heteroatoms. The first-order chi connectivity index (χ1) is 11.6. The van der Waals surface area contributed by atoms with E-state index in [0.717, 1.165) is 43.0 Å². The summed E-state index contributed by atoms with van der Waals surface area (Å²) in [5.74, 6) is 4.94. The molecule has 6 rings (SSSR count). The summed E-state index contributed by atoms with van der Waals surface area (Å²) in [7, 11) is 1.47. The van der Waals surface area contributed by atoms with Crippen LogP contribution in [0.5, 0.6) is 0 Å². The molecule has 1 aliphatic heterocycles. The summed E-state index contributed by atoms with van der Waals surface area (Å²) in [4.78, 5) is 11.8. The van der Waals surface area contributed by atoms with Gasteiger partial charge in [0.1, 0.15) is 11.6 Å². The highest BCUT2D eigenvalue weighted by atomic mass is 16.5. The molecule has 1 unspecified atom stereocenters. The van der Waals surface area contributed by atoms with Gasteiger partial charge in [-0.05, 0) is 68.1 Å². The molecule has 5 aliphatic rings. The standard InChI is InChI=1S/C19H27N3O2/c1-24-18(23)15-2-3-22-16(7-15)20-21-17(22)11-19-8-12-4-13(9-19)6-14(5-12)10-19/h12-15H,2-11H2,1H3. The maximum absolute atomic E-state index is 11.8. The second-order valence-corrected chi connectivity index (χ2v) is 8.99. The van der Waals surface area contributed by atoms with Gasteiger partial charge in [-0.25, -0.2) is 0 Å². The Bertz CT molecular complexity index is 630. The van der Waals surface area contributed by atoms with Crippen LogP contribution in [0.3, 0.4) is 0 Å². The molecule has 1 aromatic heterocycles. The van der Waals surface area contributed by atoms with E-state index in [2.05, 4.69) is 14.8 Å². The third-order valence-corrected chi connectivity index (χ3v) is 7.27. The summed E-state index contributed by atoms with van der Waals surface area (Å²) < 4.78 is 7.21. The molecule has 1 aromatic rings. The molecule has 4 aliphatic carbocycles. The molecule has 2 heterocycles. The molecule has 0 amide bonds. The Morgan fingerprint density at radius 3 is 2.46 bits per heavy atom. The Morgan fingerprint density at radius 2 is 1.83 bits per heavy atom. The fourth-order valence-corrected chi connectivity index (χ4v) is 6.73. The van der Waals surface area contributed by atoms with Crippen LogP contribution in [0.4, 0.5) is 0 Å². The molecule has 5 nitrogen and oxygen atoms in total. The number of esters is 1. The minimum absolute atomic E-state index is 0.0425. The van der Waals surface area contributed by atoms with E-state index < -0.39 is 0 Å². The van der Waals surface area contributed by atoms with Gasteiger partial charge in [0.2, 0.25) is 0 Å². The van der Waals surface area contributed by atoms with Gasteiger partial charge < -0.3 is 9.30 Å². The van der Waals surface area contributed by atoms with Crippen LogP contribution < -0.4 is 0 Å². The summed E-state index contributed by atoms with van der Waals surface area (Å²) >= 11 is 0. The van der Waals surface area contributed by atoms with Gasteiger partial charge in [-0.15, -0.1) is 10.2 Å². The van der Waals surface area contributed by atoms with E-state index in [-0.39, 0.29) is 11.9 Å². The number of aromatic nitrogens is 3. The highest BCUT2D eigenvalue weighted by Crippen LogP contribution is 2.61. The molecular weight excluding hydrogens is 302 g/mol. The molecule has 4 saturated carbocycles. The second-order valence-electron chi connectivity index (χ2n) is 8.99. The molecule has 0 spiro atoms. The molecule has 0 radical (unpaired) electrons. The first kappa shape index (κ1) is 14.9. The summed E-state index contributed by atoms with van der Waals surface area (Å²) in [6, 6.07) is 0. The van der Waals surface area contributed by atoms with E-state index in [1.165, 1.54) is 51.5 Å². The fourth-order valence-electron chi connectivity index (χ4n) is 6.73. The molecular formula is C19H27N3O2. The molecule has 0 aromatic carbocycles. The van der Waals surface area contributed by atoms with E-state index in [9.17, 15) is 4.79 Å². The van der Waals surface area contributed by atoms with Crippen LogP contribution in [0.1, 0.15) is 56.6 Å². The highest BCUT2D eigenvalue weighted by Gasteiger charge is 2.51. The molecule has 130 valence electrons. The Kier molecular flexibility index (Phi) is 3.29. The van der Waals surface area contributed by atoms with Crippen molar-refractivity contribution in [3.8, 4) is 0 Å². The number of ether oxygens (including phenoxy) is 1. The number of fused-ring (bicyclic) bond motifs is 1. The number of hydrogen-bond donors (Lipinski definition) is 0. The second kappa shape index (κ2) is 5.30. The van der Waals surface area contributed by atoms with Crippen LogP contribution in [0, 0.1) is 29.1 Å². The van der Waals surface area contributed by atoms with Crippen molar-refractivity contribution in [1.82, 2.24) is 14.8 Å². The normalized spacial score (nSPS) is 39.7. The number of carbonyl (C=O) groups is 1. The number of nitrogens with zero attached hydrogens (tertiary/aromatic N) is 3. The van der Waals surface area contributed by atoms with Crippen LogP contribution in [-0.2, 0) is 28.9 Å². The van der Waals surface area contributed by atoms with Gasteiger partial charge >= 0.3 is 5.97 Å². The first-order valence-corrected chi connectivity index (χ1v) is 9.63. The maximum Gasteiger partial charge on any atom is 0.309 e. The molecule has 0 N–H and O–H groups in total. The maximum atomic E-state index is 11.8. The lowest BCUT2D eigenvalue weighted by molar-refractivity contribution is -0.146. The van der Waals surface area contributed by atoms with E-state index in [1.54, 1.807) is 0 Å². The average molecular weight is 329 g/mol.